The summed E-state index contributed by atoms with van der Waals surface area (Å²) >= 11 is 6.42. The predicted octanol–water partition coefficient (Wildman–Crippen LogP) is 2.13. The Labute approximate surface area is 132 Å². The van der Waals surface area contributed by atoms with Gasteiger partial charge < -0.3 is 11.1 Å². The summed E-state index contributed by atoms with van der Waals surface area (Å²) in [6, 6.07) is 0. The predicted molar refractivity (Wildman–Crippen MR) is 82.4 cm³/mol. The minimum atomic E-state index is -0.380. The van der Waals surface area contributed by atoms with E-state index in [1.54, 1.807) is 7.05 Å². The maximum Gasteiger partial charge on any atom is 0.277 e. The summed E-state index contributed by atoms with van der Waals surface area (Å²) in [7, 11) is 1.67. The zero-order valence-electron chi connectivity index (χ0n) is 10.8. The Hall–Kier alpha value is -1.48. The molecule has 0 saturated carbocycles. The van der Waals surface area contributed by atoms with Crippen LogP contribution in [0.15, 0.2) is 15.4 Å². The van der Waals surface area contributed by atoms with E-state index in [9.17, 15) is 4.79 Å². The summed E-state index contributed by atoms with van der Waals surface area (Å²) in [6.45, 7) is 1.93. The van der Waals surface area contributed by atoms with Crippen LogP contribution in [0.3, 0.4) is 0 Å². The van der Waals surface area contributed by atoms with Crippen LogP contribution < -0.4 is 11.1 Å². The van der Waals surface area contributed by atoms with Gasteiger partial charge in [-0.15, -0.1) is 0 Å². The number of rotatable bonds is 3. The van der Waals surface area contributed by atoms with Crippen LogP contribution in [0.2, 0.25) is 0 Å². The third kappa shape index (κ3) is 2.83. The van der Waals surface area contributed by atoms with Gasteiger partial charge in [0.2, 0.25) is 0 Å². The number of nitrogens with two attached hydrogens (primary N) is 1. The maximum atomic E-state index is 12.3. The number of anilines is 2. The van der Waals surface area contributed by atoms with Gasteiger partial charge in [-0.1, -0.05) is 6.92 Å². The lowest BCUT2D eigenvalue weighted by atomic mass is 10.2. The van der Waals surface area contributed by atoms with Crippen molar-refractivity contribution in [1.29, 1.82) is 0 Å². The first-order valence-corrected chi connectivity index (χ1v) is 7.33. The number of nitrogen functional groups attached to an aromatic ring is 1. The van der Waals surface area contributed by atoms with Crippen LogP contribution in [-0.4, -0.2) is 25.7 Å². The van der Waals surface area contributed by atoms with E-state index in [1.165, 1.54) is 10.9 Å². The Kier molecular flexibility index (Phi) is 4.39. The Bertz CT molecular complexity index is 669. The number of nitrogens with one attached hydrogen (secondary N) is 1. The molecule has 7 nitrogen and oxygen atoms in total. The molecule has 106 valence electrons. The smallest absolute Gasteiger partial charge is 0.277 e. The van der Waals surface area contributed by atoms with Gasteiger partial charge in [-0.05, 0) is 38.3 Å². The monoisotopic (exact) mass is 402 g/mol. The molecule has 0 radical (unpaired) electrons. The van der Waals surface area contributed by atoms with E-state index < -0.39 is 0 Å². The first-order chi connectivity index (χ1) is 9.43. The highest BCUT2D eigenvalue weighted by atomic mass is 79.9. The second-order valence-corrected chi connectivity index (χ2v) is 5.54. The van der Waals surface area contributed by atoms with Crippen LogP contribution in [0.1, 0.15) is 23.1 Å². The van der Waals surface area contributed by atoms with Crippen molar-refractivity contribution in [1.82, 2.24) is 19.7 Å². The van der Waals surface area contributed by atoms with Crippen LogP contribution in [0.5, 0.6) is 0 Å². The molecular weight excluding hydrogens is 392 g/mol. The fourth-order valence-electron chi connectivity index (χ4n) is 1.72. The van der Waals surface area contributed by atoms with Gasteiger partial charge in [-0.25, -0.2) is 9.97 Å². The number of nitrogens with zero attached hydrogens (tertiary/aromatic N) is 4. The molecule has 1 amide bonds. The average molecular weight is 404 g/mol. The number of aryl methyl sites for hydroxylation is 2. The number of hydrogen-bond acceptors (Lipinski definition) is 5. The number of halogens is 2. The standard InChI is InChI=1S/C11H12Br2N6O/c1-3-5-7(14)8(19(2)18-5)11(20)17-10-9(13)16-6(12)4-15-10/h4H,3,14H2,1-2H3,(H,15,17,20). The summed E-state index contributed by atoms with van der Waals surface area (Å²) in [6.07, 6.45) is 2.15. The molecule has 0 bridgehead atoms. The molecule has 2 aromatic heterocycles. The van der Waals surface area contributed by atoms with Crippen molar-refractivity contribution < 1.29 is 4.79 Å². The average Bonchev–Trinajstić information content (AvgIpc) is 2.67. The quantitative estimate of drug-likeness (QED) is 0.817. The second kappa shape index (κ2) is 5.88. The molecule has 0 aliphatic rings. The van der Waals surface area contributed by atoms with Crippen molar-refractivity contribution >= 4 is 49.3 Å². The topological polar surface area (TPSA) is 98.7 Å². The van der Waals surface area contributed by atoms with Crippen molar-refractivity contribution in [2.75, 3.05) is 11.1 Å². The Morgan fingerprint density at radius 2 is 2.20 bits per heavy atom. The zero-order valence-corrected chi connectivity index (χ0v) is 14.0. The van der Waals surface area contributed by atoms with Crippen LogP contribution in [0.4, 0.5) is 11.5 Å². The lowest BCUT2D eigenvalue weighted by Gasteiger charge is -2.07. The first kappa shape index (κ1) is 14.9. The second-order valence-electron chi connectivity index (χ2n) is 3.97. The van der Waals surface area contributed by atoms with Gasteiger partial charge in [0, 0.05) is 7.05 Å². The summed E-state index contributed by atoms with van der Waals surface area (Å²) in [5, 5.41) is 6.86. The minimum absolute atomic E-state index is 0.304. The molecule has 2 heterocycles. The molecule has 0 atom stereocenters. The van der Waals surface area contributed by atoms with Gasteiger partial charge in [0.15, 0.2) is 5.82 Å². The summed E-state index contributed by atoms with van der Waals surface area (Å²) < 4.78 is 2.45. The van der Waals surface area contributed by atoms with E-state index in [0.717, 1.165) is 0 Å². The van der Waals surface area contributed by atoms with Crippen LogP contribution in [-0.2, 0) is 13.5 Å². The number of carbonyl (C=O) groups is 1. The lowest BCUT2D eigenvalue weighted by Crippen LogP contribution is -2.18. The molecule has 0 aliphatic heterocycles. The molecule has 0 saturated heterocycles. The fourth-order valence-corrected chi connectivity index (χ4v) is 2.63. The molecule has 0 aliphatic carbocycles. The van der Waals surface area contributed by atoms with Gasteiger partial charge >= 0.3 is 0 Å². The number of carbonyl (C=O) groups excluding carboxylic acids is 1. The van der Waals surface area contributed by atoms with E-state index >= 15 is 0 Å². The molecule has 0 aromatic carbocycles. The third-order valence-corrected chi connectivity index (χ3v) is 3.58. The van der Waals surface area contributed by atoms with Gasteiger partial charge in [-0.3, -0.25) is 9.48 Å². The van der Waals surface area contributed by atoms with E-state index in [2.05, 4.69) is 52.2 Å². The van der Waals surface area contributed by atoms with Crippen molar-refractivity contribution in [3.8, 4) is 0 Å². The van der Waals surface area contributed by atoms with E-state index in [0.29, 0.717) is 38.5 Å². The lowest BCUT2D eigenvalue weighted by molar-refractivity contribution is 0.101. The molecule has 20 heavy (non-hydrogen) atoms. The third-order valence-electron chi connectivity index (χ3n) is 2.64. The summed E-state index contributed by atoms with van der Waals surface area (Å²) in [5.74, 6) is -0.0635. The van der Waals surface area contributed by atoms with E-state index in [-0.39, 0.29) is 5.91 Å². The number of amides is 1. The van der Waals surface area contributed by atoms with Gasteiger partial charge in [0.1, 0.15) is 14.9 Å². The normalized spacial score (nSPS) is 10.6. The van der Waals surface area contributed by atoms with Crippen LogP contribution in [0, 0.1) is 0 Å². The fraction of sp³-hybridized carbons (Fsp3) is 0.273. The molecular formula is C11H12Br2N6O. The van der Waals surface area contributed by atoms with Crippen molar-refractivity contribution in [3.63, 3.8) is 0 Å². The highest BCUT2D eigenvalue weighted by Gasteiger charge is 2.20. The Balaban J connectivity index is 2.31. The molecule has 0 spiro atoms. The number of hydrogen-bond donors (Lipinski definition) is 2. The van der Waals surface area contributed by atoms with Gasteiger partial charge in [0.05, 0.1) is 17.6 Å². The van der Waals surface area contributed by atoms with Gasteiger partial charge in [0.25, 0.3) is 5.91 Å². The first-order valence-electron chi connectivity index (χ1n) is 5.74. The maximum absolute atomic E-state index is 12.3. The molecule has 0 unspecified atom stereocenters. The van der Waals surface area contributed by atoms with Crippen LogP contribution >= 0.6 is 31.9 Å². The number of aromatic nitrogens is 4. The van der Waals surface area contributed by atoms with Crippen LogP contribution in [0.25, 0.3) is 0 Å². The largest absolute Gasteiger partial charge is 0.395 e. The van der Waals surface area contributed by atoms with Gasteiger partial charge in [-0.2, -0.15) is 5.10 Å². The molecule has 3 N–H and O–H groups in total. The summed E-state index contributed by atoms with van der Waals surface area (Å²) in [4.78, 5) is 20.4. The molecule has 9 heteroatoms. The Morgan fingerprint density at radius 1 is 1.50 bits per heavy atom. The minimum Gasteiger partial charge on any atom is -0.395 e. The Morgan fingerprint density at radius 3 is 2.75 bits per heavy atom. The SMILES string of the molecule is CCc1nn(C)c(C(=O)Nc2ncc(Br)nc2Br)c1N. The zero-order chi connectivity index (χ0) is 14.9. The molecule has 2 aromatic rings. The molecule has 0 fully saturated rings. The van der Waals surface area contributed by atoms with E-state index in [1.807, 2.05) is 6.92 Å². The van der Waals surface area contributed by atoms with Crippen molar-refractivity contribution in [2.45, 2.75) is 13.3 Å². The van der Waals surface area contributed by atoms with Crippen molar-refractivity contribution in [2.24, 2.45) is 7.05 Å². The highest BCUT2D eigenvalue weighted by Crippen LogP contribution is 2.22. The summed E-state index contributed by atoms with van der Waals surface area (Å²) in [5.41, 5.74) is 7.31. The van der Waals surface area contributed by atoms with E-state index in [4.69, 9.17) is 5.73 Å². The van der Waals surface area contributed by atoms with Crippen molar-refractivity contribution in [3.05, 3.63) is 26.8 Å². The highest BCUT2D eigenvalue weighted by molar-refractivity contribution is 9.11. The molecule has 2 rings (SSSR count).